The number of nitrogens with one attached hydrogen (secondary N) is 1. The van der Waals surface area contributed by atoms with Gasteiger partial charge in [-0.3, -0.25) is 9.59 Å². The van der Waals surface area contributed by atoms with Crippen LogP contribution in [0.3, 0.4) is 0 Å². The molecule has 2 rings (SSSR count). The molecule has 0 saturated heterocycles. The zero-order valence-corrected chi connectivity index (χ0v) is 12.9. The van der Waals surface area contributed by atoms with Gasteiger partial charge in [-0.15, -0.1) is 10.2 Å². The summed E-state index contributed by atoms with van der Waals surface area (Å²) < 4.78 is 0. The normalized spacial score (nSPS) is 28.3. The van der Waals surface area contributed by atoms with Gasteiger partial charge >= 0.3 is 5.97 Å². The molecular formula is C13H19N3O3S. The zero-order chi connectivity index (χ0) is 15.1. The molecule has 1 fully saturated rings. The van der Waals surface area contributed by atoms with E-state index >= 15 is 0 Å². The highest BCUT2D eigenvalue weighted by Gasteiger charge is 2.58. The molecule has 2 N–H and O–H groups in total. The van der Waals surface area contributed by atoms with Gasteiger partial charge in [0.1, 0.15) is 5.01 Å². The van der Waals surface area contributed by atoms with E-state index in [1.807, 2.05) is 20.8 Å². The molecular weight excluding hydrogens is 278 g/mol. The lowest BCUT2D eigenvalue weighted by molar-refractivity contribution is -0.154. The molecule has 0 spiro atoms. The van der Waals surface area contributed by atoms with Gasteiger partial charge in [0.2, 0.25) is 11.0 Å². The lowest BCUT2D eigenvalue weighted by Gasteiger charge is -2.37. The van der Waals surface area contributed by atoms with E-state index in [1.54, 1.807) is 6.92 Å². The van der Waals surface area contributed by atoms with Crippen LogP contribution in [0.25, 0.3) is 0 Å². The maximum absolute atomic E-state index is 12.4. The minimum Gasteiger partial charge on any atom is -0.481 e. The number of nitrogens with zero attached hydrogens (tertiary/aromatic N) is 2. The third-order valence-electron chi connectivity index (χ3n) is 4.77. The second-order valence-electron chi connectivity index (χ2n) is 6.07. The molecule has 0 aliphatic heterocycles. The predicted molar refractivity (Wildman–Crippen MR) is 75.5 cm³/mol. The number of aryl methyl sites for hydroxylation is 1. The SMILES string of the molecule is Cc1nnc(NC(=O)[C@H]2CC[C@@](C)(C(=O)O)C2(C)C)s1. The molecule has 110 valence electrons. The first-order valence-electron chi connectivity index (χ1n) is 6.53. The number of aliphatic carboxylic acids is 1. The van der Waals surface area contributed by atoms with E-state index in [-0.39, 0.29) is 11.8 Å². The van der Waals surface area contributed by atoms with Gasteiger partial charge in [-0.05, 0) is 32.1 Å². The number of carbonyl (C=O) groups is 2. The van der Waals surface area contributed by atoms with Crippen LogP contribution in [0.4, 0.5) is 5.13 Å². The van der Waals surface area contributed by atoms with Crippen LogP contribution >= 0.6 is 11.3 Å². The summed E-state index contributed by atoms with van der Waals surface area (Å²) in [7, 11) is 0. The molecule has 2 atom stereocenters. The highest BCUT2D eigenvalue weighted by molar-refractivity contribution is 7.15. The van der Waals surface area contributed by atoms with Gasteiger partial charge in [0, 0.05) is 5.92 Å². The summed E-state index contributed by atoms with van der Waals surface area (Å²) in [6.07, 6.45) is 1.07. The van der Waals surface area contributed by atoms with Crippen molar-refractivity contribution in [1.29, 1.82) is 0 Å². The summed E-state index contributed by atoms with van der Waals surface area (Å²) in [6, 6.07) is 0. The van der Waals surface area contributed by atoms with Crippen molar-refractivity contribution in [2.75, 3.05) is 5.32 Å². The quantitative estimate of drug-likeness (QED) is 0.893. The average molecular weight is 297 g/mol. The third-order valence-corrected chi connectivity index (χ3v) is 5.53. The lowest BCUT2D eigenvalue weighted by Crippen LogP contribution is -2.43. The summed E-state index contributed by atoms with van der Waals surface area (Å²) in [5.41, 5.74) is -1.49. The largest absolute Gasteiger partial charge is 0.481 e. The Morgan fingerprint density at radius 2 is 2.00 bits per heavy atom. The van der Waals surface area contributed by atoms with Gasteiger partial charge in [0.25, 0.3) is 0 Å². The Balaban J connectivity index is 2.18. The molecule has 0 radical (unpaired) electrons. The summed E-state index contributed by atoms with van der Waals surface area (Å²) in [5.74, 6) is -1.35. The molecule has 1 aromatic heterocycles. The van der Waals surface area contributed by atoms with E-state index in [0.717, 1.165) is 5.01 Å². The molecule has 0 unspecified atom stereocenters. The first kappa shape index (κ1) is 14.9. The standard InChI is InChI=1S/C13H19N3O3S/c1-7-15-16-11(20-7)14-9(17)8-5-6-13(4,10(18)19)12(8,2)3/h8H,5-6H2,1-4H3,(H,18,19)(H,14,16,17)/t8-,13+/m1/s1. The number of carboxylic acid groups (broad SMARTS) is 1. The number of carboxylic acids is 1. The van der Waals surface area contributed by atoms with Crippen molar-refractivity contribution in [2.45, 2.75) is 40.5 Å². The molecule has 1 heterocycles. The average Bonchev–Trinajstić information content (AvgIpc) is 2.83. The topological polar surface area (TPSA) is 92.2 Å². The first-order valence-corrected chi connectivity index (χ1v) is 7.34. The predicted octanol–water partition coefficient (Wildman–Crippen LogP) is 2.31. The van der Waals surface area contributed by atoms with Crippen LogP contribution in [0.15, 0.2) is 0 Å². The van der Waals surface area contributed by atoms with Crippen LogP contribution < -0.4 is 5.32 Å². The van der Waals surface area contributed by atoms with Crippen LogP contribution in [0.5, 0.6) is 0 Å². The van der Waals surface area contributed by atoms with Crippen LogP contribution in [0.2, 0.25) is 0 Å². The molecule has 1 amide bonds. The van der Waals surface area contributed by atoms with Gasteiger partial charge in [-0.2, -0.15) is 0 Å². The minimum absolute atomic E-state index is 0.170. The van der Waals surface area contributed by atoms with E-state index in [2.05, 4.69) is 15.5 Å². The molecule has 6 nitrogen and oxygen atoms in total. The third kappa shape index (κ3) is 2.19. The van der Waals surface area contributed by atoms with Gasteiger partial charge < -0.3 is 10.4 Å². The summed E-state index contributed by atoms with van der Waals surface area (Å²) in [5, 5.41) is 21.2. The summed E-state index contributed by atoms with van der Waals surface area (Å²) >= 11 is 1.31. The van der Waals surface area contributed by atoms with Crippen molar-refractivity contribution >= 4 is 28.3 Å². The molecule has 20 heavy (non-hydrogen) atoms. The van der Waals surface area contributed by atoms with Crippen molar-refractivity contribution in [3.63, 3.8) is 0 Å². The van der Waals surface area contributed by atoms with Crippen LogP contribution in [0, 0.1) is 23.7 Å². The molecule has 1 aliphatic rings. The molecule has 1 aliphatic carbocycles. The van der Waals surface area contributed by atoms with Crippen LogP contribution in [-0.4, -0.2) is 27.2 Å². The highest BCUT2D eigenvalue weighted by atomic mass is 32.1. The van der Waals surface area contributed by atoms with Gasteiger partial charge in [-0.1, -0.05) is 25.2 Å². The Labute approximate surface area is 121 Å². The number of aromatic nitrogens is 2. The van der Waals surface area contributed by atoms with E-state index in [4.69, 9.17) is 0 Å². The maximum atomic E-state index is 12.4. The first-order chi connectivity index (χ1) is 9.18. The highest BCUT2D eigenvalue weighted by Crippen LogP contribution is 2.56. The number of carbonyl (C=O) groups excluding carboxylic acids is 1. The number of hydrogen-bond donors (Lipinski definition) is 2. The second-order valence-corrected chi connectivity index (χ2v) is 7.25. The number of hydrogen-bond acceptors (Lipinski definition) is 5. The molecule has 1 saturated carbocycles. The van der Waals surface area contributed by atoms with Gasteiger partial charge in [0.05, 0.1) is 5.41 Å². The lowest BCUT2D eigenvalue weighted by atomic mass is 9.65. The number of rotatable bonds is 3. The van der Waals surface area contributed by atoms with Crippen LogP contribution in [0.1, 0.15) is 38.6 Å². The van der Waals surface area contributed by atoms with Crippen molar-refractivity contribution < 1.29 is 14.7 Å². The Morgan fingerprint density at radius 1 is 1.35 bits per heavy atom. The van der Waals surface area contributed by atoms with Crippen molar-refractivity contribution in [3.8, 4) is 0 Å². The Hall–Kier alpha value is -1.50. The fourth-order valence-electron chi connectivity index (χ4n) is 2.88. The minimum atomic E-state index is -0.883. The molecule has 1 aromatic rings. The van der Waals surface area contributed by atoms with Gasteiger partial charge in [0.15, 0.2) is 0 Å². The Kier molecular flexibility index (Phi) is 3.58. The summed E-state index contributed by atoms with van der Waals surface area (Å²) in [6.45, 7) is 7.24. The van der Waals surface area contributed by atoms with Crippen molar-refractivity contribution in [2.24, 2.45) is 16.7 Å². The van der Waals surface area contributed by atoms with Crippen LogP contribution in [-0.2, 0) is 9.59 Å². The zero-order valence-electron chi connectivity index (χ0n) is 12.1. The number of anilines is 1. The van der Waals surface area contributed by atoms with E-state index < -0.39 is 16.8 Å². The fraction of sp³-hybridized carbons (Fsp3) is 0.692. The molecule has 0 bridgehead atoms. The number of amides is 1. The Bertz CT molecular complexity index is 555. The van der Waals surface area contributed by atoms with E-state index in [9.17, 15) is 14.7 Å². The van der Waals surface area contributed by atoms with E-state index in [1.165, 1.54) is 11.3 Å². The maximum Gasteiger partial charge on any atom is 0.309 e. The van der Waals surface area contributed by atoms with E-state index in [0.29, 0.717) is 18.0 Å². The second kappa shape index (κ2) is 4.80. The van der Waals surface area contributed by atoms with Crippen molar-refractivity contribution in [1.82, 2.24) is 10.2 Å². The smallest absolute Gasteiger partial charge is 0.309 e. The monoisotopic (exact) mass is 297 g/mol. The van der Waals surface area contributed by atoms with Crippen molar-refractivity contribution in [3.05, 3.63) is 5.01 Å². The molecule has 7 heteroatoms. The Morgan fingerprint density at radius 3 is 2.45 bits per heavy atom. The fourth-order valence-corrected chi connectivity index (χ4v) is 3.48. The molecule has 0 aromatic carbocycles. The summed E-state index contributed by atoms with van der Waals surface area (Å²) in [4.78, 5) is 23.9. The van der Waals surface area contributed by atoms with Gasteiger partial charge in [-0.25, -0.2) is 0 Å².